The number of nitrogens with zero attached hydrogens (tertiary/aromatic N) is 1. The molecule has 0 aliphatic carbocycles. The third-order valence-electron chi connectivity index (χ3n) is 2.79. The van der Waals surface area contributed by atoms with Gasteiger partial charge in [-0.3, -0.25) is 4.90 Å². The average Bonchev–Trinajstić information content (AvgIpc) is 2.24. The van der Waals surface area contributed by atoms with Crippen LogP contribution in [-0.4, -0.2) is 50.5 Å². The van der Waals surface area contributed by atoms with Crippen molar-refractivity contribution in [3.63, 3.8) is 0 Å². The highest BCUT2D eigenvalue weighted by Crippen LogP contribution is 2.08. The minimum absolute atomic E-state index is 0.282. The highest BCUT2D eigenvalue weighted by Gasteiger charge is 2.20. The predicted octanol–water partition coefficient (Wildman–Crippen LogP) is 2.16. The fourth-order valence-corrected chi connectivity index (χ4v) is 2.02. The molecule has 0 amide bonds. The number of ether oxygens (including phenoxy) is 2. The molecule has 1 rings (SSSR count). The molecule has 1 heterocycles. The van der Waals surface area contributed by atoms with Gasteiger partial charge in [0.05, 0.1) is 19.3 Å². The van der Waals surface area contributed by atoms with Gasteiger partial charge in [-0.05, 0) is 12.3 Å². The van der Waals surface area contributed by atoms with Crippen LogP contribution >= 0.6 is 0 Å². The Labute approximate surface area is 100 Å². The molecule has 96 valence electrons. The molecule has 3 heteroatoms. The molecule has 1 saturated heterocycles. The minimum Gasteiger partial charge on any atom is -0.379 e. The zero-order chi connectivity index (χ0) is 11.8. The molecule has 0 N–H and O–H groups in total. The van der Waals surface area contributed by atoms with Crippen LogP contribution < -0.4 is 0 Å². The van der Waals surface area contributed by atoms with Gasteiger partial charge in [0, 0.05) is 26.2 Å². The largest absolute Gasteiger partial charge is 0.379 e. The van der Waals surface area contributed by atoms with Crippen LogP contribution in [0.3, 0.4) is 0 Å². The van der Waals surface area contributed by atoms with E-state index in [0.717, 1.165) is 45.2 Å². The van der Waals surface area contributed by atoms with Gasteiger partial charge in [0.25, 0.3) is 0 Å². The number of hydrogen-bond acceptors (Lipinski definition) is 3. The SMILES string of the molecule is CCCCOC[C@H]1CN(CC(C)C)CCO1. The molecule has 1 fully saturated rings. The van der Waals surface area contributed by atoms with Gasteiger partial charge in [-0.15, -0.1) is 0 Å². The standard InChI is InChI=1S/C13H27NO2/c1-4-5-7-15-11-13-10-14(6-8-16-13)9-12(2)3/h12-13H,4-11H2,1-3H3/t13-/m1/s1. The van der Waals surface area contributed by atoms with Gasteiger partial charge in [0.1, 0.15) is 0 Å². The minimum atomic E-state index is 0.282. The van der Waals surface area contributed by atoms with Crippen molar-refractivity contribution in [2.45, 2.75) is 39.7 Å². The van der Waals surface area contributed by atoms with Crippen molar-refractivity contribution in [3.05, 3.63) is 0 Å². The van der Waals surface area contributed by atoms with Gasteiger partial charge in [0.2, 0.25) is 0 Å². The van der Waals surface area contributed by atoms with E-state index < -0.39 is 0 Å². The number of rotatable bonds is 7. The molecule has 1 atom stereocenters. The lowest BCUT2D eigenvalue weighted by atomic mass is 10.2. The summed E-state index contributed by atoms with van der Waals surface area (Å²) >= 11 is 0. The molecule has 1 aliphatic heterocycles. The molecule has 0 aromatic carbocycles. The lowest BCUT2D eigenvalue weighted by molar-refractivity contribution is -0.0712. The van der Waals surface area contributed by atoms with Gasteiger partial charge in [-0.2, -0.15) is 0 Å². The Morgan fingerprint density at radius 1 is 1.44 bits per heavy atom. The molecule has 3 nitrogen and oxygen atoms in total. The Morgan fingerprint density at radius 2 is 2.25 bits per heavy atom. The zero-order valence-electron chi connectivity index (χ0n) is 11.1. The zero-order valence-corrected chi connectivity index (χ0v) is 11.1. The van der Waals surface area contributed by atoms with Crippen LogP contribution in [0.5, 0.6) is 0 Å². The smallest absolute Gasteiger partial charge is 0.0935 e. The molecule has 0 unspecified atom stereocenters. The lowest BCUT2D eigenvalue weighted by Crippen LogP contribution is -2.45. The predicted molar refractivity (Wildman–Crippen MR) is 66.7 cm³/mol. The van der Waals surface area contributed by atoms with Crippen molar-refractivity contribution in [1.29, 1.82) is 0 Å². The summed E-state index contributed by atoms with van der Waals surface area (Å²) in [5.41, 5.74) is 0. The van der Waals surface area contributed by atoms with Gasteiger partial charge in [0.15, 0.2) is 0 Å². The maximum Gasteiger partial charge on any atom is 0.0935 e. The van der Waals surface area contributed by atoms with E-state index in [1.165, 1.54) is 13.0 Å². The van der Waals surface area contributed by atoms with E-state index >= 15 is 0 Å². The first kappa shape index (κ1) is 13.9. The maximum atomic E-state index is 5.70. The fraction of sp³-hybridized carbons (Fsp3) is 1.00. The van der Waals surface area contributed by atoms with Crippen LogP contribution in [0.15, 0.2) is 0 Å². The van der Waals surface area contributed by atoms with E-state index in [0.29, 0.717) is 0 Å². The average molecular weight is 229 g/mol. The van der Waals surface area contributed by atoms with Crippen LogP contribution in [0.4, 0.5) is 0 Å². The van der Waals surface area contributed by atoms with E-state index in [-0.39, 0.29) is 6.10 Å². The summed E-state index contributed by atoms with van der Waals surface area (Å²) < 4.78 is 11.3. The maximum absolute atomic E-state index is 5.70. The summed E-state index contributed by atoms with van der Waals surface area (Å²) in [7, 11) is 0. The van der Waals surface area contributed by atoms with Gasteiger partial charge < -0.3 is 9.47 Å². The second kappa shape index (κ2) is 8.04. The van der Waals surface area contributed by atoms with Crippen LogP contribution in [0.2, 0.25) is 0 Å². The second-order valence-corrected chi connectivity index (χ2v) is 5.07. The summed E-state index contributed by atoms with van der Waals surface area (Å²) in [6.07, 6.45) is 2.64. The first-order valence-electron chi connectivity index (χ1n) is 6.64. The molecule has 0 aromatic rings. The topological polar surface area (TPSA) is 21.7 Å². The highest BCUT2D eigenvalue weighted by molar-refractivity contribution is 4.71. The van der Waals surface area contributed by atoms with E-state index in [4.69, 9.17) is 9.47 Å². The first-order chi connectivity index (χ1) is 7.72. The molecule has 0 saturated carbocycles. The molecule has 0 spiro atoms. The molecule has 0 radical (unpaired) electrons. The molecule has 16 heavy (non-hydrogen) atoms. The van der Waals surface area contributed by atoms with Crippen molar-refractivity contribution in [2.75, 3.05) is 39.5 Å². The van der Waals surface area contributed by atoms with E-state index in [9.17, 15) is 0 Å². The van der Waals surface area contributed by atoms with Crippen LogP contribution in [-0.2, 0) is 9.47 Å². The second-order valence-electron chi connectivity index (χ2n) is 5.07. The number of morpholine rings is 1. The monoisotopic (exact) mass is 229 g/mol. The quantitative estimate of drug-likeness (QED) is 0.624. The summed E-state index contributed by atoms with van der Waals surface area (Å²) in [4.78, 5) is 2.49. The lowest BCUT2D eigenvalue weighted by Gasteiger charge is -2.33. The van der Waals surface area contributed by atoms with Crippen molar-refractivity contribution in [1.82, 2.24) is 4.90 Å². The van der Waals surface area contributed by atoms with Crippen LogP contribution in [0.1, 0.15) is 33.6 Å². The normalized spacial score (nSPS) is 22.9. The van der Waals surface area contributed by atoms with Crippen molar-refractivity contribution in [3.8, 4) is 0 Å². The molecule has 0 aromatic heterocycles. The number of hydrogen-bond donors (Lipinski definition) is 0. The summed E-state index contributed by atoms with van der Waals surface area (Å²) in [5.74, 6) is 0.736. The molecule has 0 bridgehead atoms. The van der Waals surface area contributed by atoms with Crippen LogP contribution in [0.25, 0.3) is 0 Å². The van der Waals surface area contributed by atoms with Crippen molar-refractivity contribution < 1.29 is 9.47 Å². The Kier molecular flexibility index (Phi) is 7.01. The van der Waals surface area contributed by atoms with Crippen LogP contribution in [0, 0.1) is 5.92 Å². The highest BCUT2D eigenvalue weighted by atomic mass is 16.5. The molecule has 1 aliphatic rings. The van der Waals surface area contributed by atoms with Gasteiger partial charge >= 0.3 is 0 Å². The van der Waals surface area contributed by atoms with E-state index in [1.807, 2.05) is 0 Å². The van der Waals surface area contributed by atoms with Gasteiger partial charge in [-0.25, -0.2) is 0 Å². The van der Waals surface area contributed by atoms with Gasteiger partial charge in [-0.1, -0.05) is 27.2 Å². The Hall–Kier alpha value is -0.120. The Bertz CT molecular complexity index is 173. The third-order valence-corrected chi connectivity index (χ3v) is 2.79. The Morgan fingerprint density at radius 3 is 2.94 bits per heavy atom. The van der Waals surface area contributed by atoms with E-state index in [1.54, 1.807) is 0 Å². The Balaban J connectivity index is 2.12. The van der Waals surface area contributed by atoms with Crippen molar-refractivity contribution in [2.24, 2.45) is 5.92 Å². The van der Waals surface area contributed by atoms with Crippen molar-refractivity contribution >= 4 is 0 Å². The first-order valence-corrected chi connectivity index (χ1v) is 6.64. The molecular formula is C13H27NO2. The number of unbranched alkanes of at least 4 members (excludes halogenated alkanes) is 1. The molecular weight excluding hydrogens is 202 g/mol. The summed E-state index contributed by atoms with van der Waals surface area (Å²) in [5, 5.41) is 0. The summed E-state index contributed by atoms with van der Waals surface area (Å²) in [6.45, 7) is 12.5. The summed E-state index contributed by atoms with van der Waals surface area (Å²) in [6, 6.07) is 0. The third kappa shape index (κ3) is 5.83. The van der Waals surface area contributed by atoms with E-state index in [2.05, 4.69) is 25.7 Å². The fourth-order valence-electron chi connectivity index (χ4n) is 2.02.